The molecule has 0 bridgehead atoms. The van der Waals surface area contributed by atoms with Crippen LogP contribution in [0, 0.1) is 6.92 Å². The fraction of sp³-hybridized carbons (Fsp3) is 0.500. The molecule has 1 amide bonds. The molecule has 1 aliphatic heterocycles. The number of piperidine rings is 1. The van der Waals surface area contributed by atoms with E-state index < -0.39 is 0 Å². The summed E-state index contributed by atoms with van der Waals surface area (Å²) in [5, 5.41) is 3.32. The molecule has 19 heavy (non-hydrogen) atoms. The molecule has 0 spiro atoms. The lowest BCUT2D eigenvalue weighted by molar-refractivity contribution is 0.0702. The van der Waals surface area contributed by atoms with Crippen molar-refractivity contribution in [1.82, 2.24) is 10.2 Å². The molecule has 0 aromatic heterocycles. The molecule has 1 heterocycles. The fourth-order valence-corrected chi connectivity index (χ4v) is 2.74. The van der Waals surface area contributed by atoms with Gasteiger partial charge in [-0.15, -0.1) is 12.4 Å². The summed E-state index contributed by atoms with van der Waals surface area (Å²) in [5.74, 6) is 0.126. The van der Waals surface area contributed by atoms with Crippen LogP contribution in [-0.2, 0) is 0 Å². The summed E-state index contributed by atoms with van der Waals surface area (Å²) in [6, 6.07) is 6.22. The minimum atomic E-state index is 0. The topological polar surface area (TPSA) is 32.3 Å². The number of nitrogens with zero attached hydrogens (tertiary/aromatic N) is 1. The van der Waals surface area contributed by atoms with E-state index >= 15 is 0 Å². The maximum atomic E-state index is 12.5. The van der Waals surface area contributed by atoms with Gasteiger partial charge in [-0.1, -0.05) is 22.0 Å². The van der Waals surface area contributed by atoms with Crippen LogP contribution < -0.4 is 5.32 Å². The summed E-state index contributed by atoms with van der Waals surface area (Å²) in [5.41, 5.74) is 1.83. The number of nitrogens with one attached hydrogen (secondary N) is 1. The number of aryl methyl sites for hydroxylation is 1. The second kappa shape index (κ2) is 7.27. The lowest BCUT2D eigenvalue weighted by atomic mass is 10.0. The zero-order chi connectivity index (χ0) is 13.1. The van der Waals surface area contributed by atoms with Gasteiger partial charge in [0.1, 0.15) is 0 Å². The first-order chi connectivity index (χ1) is 8.59. The average Bonchev–Trinajstić information content (AvgIpc) is 2.41. The number of rotatable bonds is 2. The molecular formula is C14H20BrClN2O. The minimum Gasteiger partial charge on any atom is -0.339 e. The number of carbonyl (C=O) groups is 1. The van der Waals surface area contributed by atoms with Crippen LogP contribution in [0.3, 0.4) is 0 Å². The summed E-state index contributed by atoms with van der Waals surface area (Å²) < 4.78 is 0.954. The Balaban J connectivity index is 0.00000180. The molecule has 0 atom stereocenters. The molecule has 1 aliphatic rings. The molecule has 1 saturated heterocycles. The van der Waals surface area contributed by atoms with Crippen molar-refractivity contribution >= 4 is 34.2 Å². The van der Waals surface area contributed by atoms with E-state index in [1.807, 2.05) is 37.1 Å². The lowest BCUT2D eigenvalue weighted by Gasteiger charge is -2.32. The fourth-order valence-electron chi connectivity index (χ4n) is 2.37. The maximum Gasteiger partial charge on any atom is 0.254 e. The Morgan fingerprint density at radius 3 is 2.63 bits per heavy atom. The second-order valence-corrected chi connectivity index (χ2v) is 5.77. The smallest absolute Gasteiger partial charge is 0.254 e. The molecule has 106 valence electrons. The lowest BCUT2D eigenvalue weighted by Crippen LogP contribution is -2.44. The highest BCUT2D eigenvalue weighted by atomic mass is 79.9. The van der Waals surface area contributed by atoms with Crippen LogP contribution in [0.4, 0.5) is 0 Å². The van der Waals surface area contributed by atoms with E-state index in [0.29, 0.717) is 6.04 Å². The largest absolute Gasteiger partial charge is 0.339 e. The number of hydrogen-bond donors (Lipinski definition) is 1. The zero-order valence-corrected chi connectivity index (χ0v) is 13.7. The predicted octanol–water partition coefficient (Wildman–Crippen LogP) is 3.00. The molecule has 0 radical (unpaired) electrons. The van der Waals surface area contributed by atoms with E-state index in [1.165, 1.54) is 0 Å². The van der Waals surface area contributed by atoms with Gasteiger partial charge in [-0.05, 0) is 50.6 Å². The van der Waals surface area contributed by atoms with Gasteiger partial charge in [0.05, 0.1) is 0 Å². The van der Waals surface area contributed by atoms with E-state index in [9.17, 15) is 4.79 Å². The molecule has 1 aromatic rings. The third-order valence-electron chi connectivity index (χ3n) is 3.61. The van der Waals surface area contributed by atoms with Gasteiger partial charge >= 0.3 is 0 Å². The van der Waals surface area contributed by atoms with Crippen molar-refractivity contribution in [3.05, 3.63) is 33.8 Å². The minimum absolute atomic E-state index is 0. The van der Waals surface area contributed by atoms with Crippen LogP contribution in [0.2, 0.25) is 0 Å². The highest BCUT2D eigenvalue weighted by Crippen LogP contribution is 2.20. The molecular weight excluding hydrogens is 328 g/mol. The summed E-state index contributed by atoms with van der Waals surface area (Å²) in [6.07, 6.45) is 2.07. The van der Waals surface area contributed by atoms with Crippen LogP contribution in [0.5, 0.6) is 0 Å². The van der Waals surface area contributed by atoms with E-state index in [0.717, 1.165) is 41.5 Å². The molecule has 0 unspecified atom stereocenters. The first-order valence-corrected chi connectivity index (χ1v) is 7.13. The molecule has 0 saturated carbocycles. The summed E-state index contributed by atoms with van der Waals surface area (Å²) >= 11 is 3.43. The van der Waals surface area contributed by atoms with E-state index in [2.05, 4.69) is 21.2 Å². The normalized spacial score (nSPS) is 15.7. The van der Waals surface area contributed by atoms with Crippen molar-refractivity contribution in [1.29, 1.82) is 0 Å². The van der Waals surface area contributed by atoms with Gasteiger partial charge < -0.3 is 10.2 Å². The van der Waals surface area contributed by atoms with Gasteiger partial charge in [-0.3, -0.25) is 4.79 Å². The molecule has 1 aromatic carbocycles. The van der Waals surface area contributed by atoms with Crippen molar-refractivity contribution in [2.75, 3.05) is 20.1 Å². The Hall–Kier alpha value is -0.580. The highest BCUT2D eigenvalue weighted by molar-refractivity contribution is 9.10. The van der Waals surface area contributed by atoms with Gasteiger partial charge in [0, 0.05) is 23.1 Å². The Kier molecular flexibility index (Phi) is 6.30. The van der Waals surface area contributed by atoms with Crippen molar-refractivity contribution < 1.29 is 4.79 Å². The first-order valence-electron chi connectivity index (χ1n) is 6.33. The maximum absolute atomic E-state index is 12.5. The molecule has 2 rings (SSSR count). The Labute approximate surface area is 129 Å². The molecule has 5 heteroatoms. The number of carbonyl (C=O) groups excluding carboxylic acids is 1. The zero-order valence-electron chi connectivity index (χ0n) is 11.3. The predicted molar refractivity (Wildman–Crippen MR) is 84.1 cm³/mol. The number of benzene rings is 1. The van der Waals surface area contributed by atoms with Gasteiger partial charge in [-0.25, -0.2) is 0 Å². The van der Waals surface area contributed by atoms with Gasteiger partial charge in [0.15, 0.2) is 0 Å². The first kappa shape index (κ1) is 16.5. The molecule has 0 aliphatic carbocycles. The van der Waals surface area contributed by atoms with Crippen LogP contribution >= 0.6 is 28.3 Å². The second-order valence-electron chi connectivity index (χ2n) is 4.86. The Bertz CT molecular complexity index is 447. The van der Waals surface area contributed by atoms with Crippen molar-refractivity contribution in [2.45, 2.75) is 25.8 Å². The van der Waals surface area contributed by atoms with Gasteiger partial charge in [-0.2, -0.15) is 0 Å². The molecule has 1 N–H and O–H groups in total. The van der Waals surface area contributed by atoms with Gasteiger partial charge in [0.2, 0.25) is 0 Å². The quantitative estimate of drug-likeness (QED) is 0.892. The van der Waals surface area contributed by atoms with Gasteiger partial charge in [0.25, 0.3) is 5.91 Å². The van der Waals surface area contributed by atoms with Crippen molar-refractivity contribution in [3.63, 3.8) is 0 Å². The van der Waals surface area contributed by atoms with Crippen molar-refractivity contribution in [2.24, 2.45) is 0 Å². The Morgan fingerprint density at radius 1 is 1.37 bits per heavy atom. The molecule has 3 nitrogen and oxygen atoms in total. The summed E-state index contributed by atoms with van der Waals surface area (Å²) in [4.78, 5) is 14.4. The van der Waals surface area contributed by atoms with Crippen LogP contribution in [0.1, 0.15) is 28.8 Å². The SMILES string of the molecule is Cc1ccc(Br)cc1C(=O)N(C)C1CCNCC1.Cl. The third kappa shape index (κ3) is 3.94. The summed E-state index contributed by atoms with van der Waals surface area (Å²) in [7, 11) is 1.92. The average molecular weight is 348 g/mol. The Morgan fingerprint density at radius 2 is 2.00 bits per heavy atom. The highest BCUT2D eigenvalue weighted by Gasteiger charge is 2.23. The van der Waals surface area contributed by atoms with Crippen LogP contribution in [0.15, 0.2) is 22.7 Å². The van der Waals surface area contributed by atoms with Crippen LogP contribution in [0.25, 0.3) is 0 Å². The molecule has 1 fully saturated rings. The number of hydrogen-bond acceptors (Lipinski definition) is 2. The summed E-state index contributed by atoms with van der Waals surface area (Å²) in [6.45, 7) is 3.98. The van der Waals surface area contributed by atoms with E-state index in [4.69, 9.17) is 0 Å². The van der Waals surface area contributed by atoms with Crippen LogP contribution in [-0.4, -0.2) is 37.0 Å². The third-order valence-corrected chi connectivity index (χ3v) is 4.10. The standard InChI is InChI=1S/C14H19BrN2O.ClH/c1-10-3-4-11(15)9-13(10)14(18)17(2)12-5-7-16-8-6-12;/h3-4,9,12,16H,5-8H2,1-2H3;1H. The number of amides is 1. The monoisotopic (exact) mass is 346 g/mol. The van der Waals surface area contributed by atoms with Crippen molar-refractivity contribution in [3.8, 4) is 0 Å². The van der Waals surface area contributed by atoms with E-state index in [1.54, 1.807) is 0 Å². The number of halogens is 2. The van der Waals surface area contributed by atoms with E-state index in [-0.39, 0.29) is 18.3 Å².